The Labute approximate surface area is 150 Å². The van der Waals surface area contributed by atoms with Crippen molar-refractivity contribution in [2.45, 2.75) is 64.9 Å². The zero-order valence-electron chi connectivity index (χ0n) is 15.5. The topological polar surface area (TPSA) is 38.0 Å². The predicted molar refractivity (Wildman–Crippen MR) is 99.6 cm³/mol. The Morgan fingerprint density at radius 1 is 1.08 bits per heavy atom. The number of fused-ring (bicyclic) bond motifs is 5. The summed E-state index contributed by atoms with van der Waals surface area (Å²) in [4.78, 5) is 4.28. The van der Waals surface area contributed by atoms with Crippen molar-refractivity contribution in [2.75, 3.05) is 0 Å². The number of imidazole rings is 1. The molecule has 3 heteroatoms. The second-order valence-electron chi connectivity index (χ2n) is 9.41. The lowest BCUT2D eigenvalue weighted by atomic mass is 9.48. The van der Waals surface area contributed by atoms with Crippen LogP contribution in [0.1, 0.15) is 58.8 Å². The first kappa shape index (κ1) is 15.9. The number of hydrogen-bond acceptors (Lipinski definition) is 2. The van der Waals surface area contributed by atoms with Gasteiger partial charge < -0.3 is 9.67 Å². The van der Waals surface area contributed by atoms with Gasteiger partial charge in [0.25, 0.3) is 0 Å². The van der Waals surface area contributed by atoms with Crippen molar-refractivity contribution in [2.24, 2.45) is 28.6 Å². The van der Waals surface area contributed by atoms with Gasteiger partial charge in [0, 0.05) is 23.5 Å². The van der Waals surface area contributed by atoms with Crippen LogP contribution < -0.4 is 0 Å². The van der Waals surface area contributed by atoms with Gasteiger partial charge in [-0.2, -0.15) is 0 Å². The van der Waals surface area contributed by atoms with Gasteiger partial charge in [-0.3, -0.25) is 0 Å². The van der Waals surface area contributed by atoms with Crippen LogP contribution in [0.4, 0.5) is 0 Å². The number of aliphatic hydroxyl groups is 1. The van der Waals surface area contributed by atoms with E-state index in [4.69, 9.17) is 0 Å². The van der Waals surface area contributed by atoms with Crippen molar-refractivity contribution < 1.29 is 5.11 Å². The van der Waals surface area contributed by atoms with Gasteiger partial charge in [-0.1, -0.05) is 31.6 Å². The highest BCUT2D eigenvalue weighted by Gasteiger charge is 2.56. The smallest absolute Gasteiger partial charge is 0.0989 e. The molecule has 3 nitrogen and oxygen atoms in total. The molecule has 0 aliphatic heterocycles. The summed E-state index contributed by atoms with van der Waals surface area (Å²) in [6, 6.07) is 0. The summed E-state index contributed by atoms with van der Waals surface area (Å²) >= 11 is 0. The second kappa shape index (κ2) is 5.33. The molecule has 2 fully saturated rings. The molecule has 0 spiro atoms. The molecule has 6 atom stereocenters. The highest BCUT2D eigenvalue weighted by Crippen LogP contribution is 2.65. The Hall–Kier alpha value is -1.35. The number of aliphatic hydroxyl groups excluding tert-OH is 1. The van der Waals surface area contributed by atoms with Crippen LogP contribution in [0.25, 0.3) is 5.70 Å². The Bertz CT molecular complexity index is 733. The molecule has 1 aromatic rings. The SMILES string of the molecule is C[C@]12CC[C@H](O)CC1=CC[C@@H]1[C@@H]2CC[C@]2(C)C(n3ccnc3)=CC[C@@H]12. The van der Waals surface area contributed by atoms with Crippen LogP contribution in [0, 0.1) is 28.6 Å². The monoisotopic (exact) mass is 338 g/mol. The lowest BCUT2D eigenvalue weighted by Crippen LogP contribution is -2.50. The third-order valence-electron chi connectivity index (χ3n) is 8.40. The predicted octanol–water partition coefficient (Wildman–Crippen LogP) is 4.66. The van der Waals surface area contributed by atoms with Crippen LogP contribution in [0.2, 0.25) is 0 Å². The quantitative estimate of drug-likeness (QED) is 0.756. The second-order valence-corrected chi connectivity index (χ2v) is 9.41. The molecule has 25 heavy (non-hydrogen) atoms. The summed E-state index contributed by atoms with van der Waals surface area (Å²) in [6.45, 7) is 5.00. The van der Waals surface area contributed by atoms with Crippen molar-refractivity contribution in [1.82, 2.24) is 9.55 Å². The summed E-state index contributed by atoms with van der Waals surface area (Å²) in [5.41, 5.74) is 3.67. The first-order chi connectivity index (χ1) is 12.0. The highest BCUT2D eigenvalue weighted by molar-refractivity contribution is 5.57. The maximum Gasteiger partial charge on any atom is 0.0989 e. The maximum absolute atomic E-state index is 10.1. The molecular weight excluding hydrogens is 308 g/mol. The molecule has 0 amide bonds. The van der Waals surface area contributed by atoms with Crippen LogP contribution in [-0.2, 0) is 0 Å². The molecule has 0 aromatic carbocycles. The van der Waals surface area contributed by atoms with Crippen molar-refractivity contribution in [3.63, 3.8) is 0 Å². The highest BCUT2D eigenvalue weighted by atomic mass is 16.3. The number of allylic oxidation sites excluding steroid dienone is 3. The third kappa shape index (κ3) is 2.11. The molecule has 2 saturated carbocycles. The van der Waals surface area contributed by atoms with Crippen LogP contribution in [0.15, 0.2) is 36.4 Å². The standard InChI is InChI=1S/C22H30N2O/c1-21-9-7-16(25)13-15(21)3-4-17-18-5-6-20(24-12-11-23-14-24)22(18,2)10-8-19(17)21/h3,6,11-12,14,16-19,25H,4-5,7-10,13H2,1-2H3/t16-,17-,18-,19-,21-,22-/m0/s1. The largest absolute Gasteiger partial charge is 0.393 e. The van der Waals surface area contributed by atoms with Gasteiger partial charge in [0.05, 0.1) is 12.4 Å². The van der Waals surface area contributed by atoms with E-state index in [9.17, 15) is 5.11 Å². The van der Waals surface area contributed by atoms with Crippen LogP contribution >= 0.6 is 0 Å². The van der Waals surface area contributed by atoms with Gasteiger partial charge in [-0.25, -0.2) is 4.98 Å². The molecule has 1 aromatic heterocycles. The molecule has 5 rings (SSSR count). The van der Waals surface area contributed by atoms with Crippen molar-refractivity contribution in [1.29, 1.82) is 0 Å². The van der Waals surface area contributed by atoms with Gasteiger partial charge in [0.2, 0.25) is 0 Å². The third-order valence-corrected chi connectivity index (χ3v) is 8.40. The Balaban J connectivity index is 1.48. The van der Waals surface area contributed by atoms with E-state index in [-0.39, 0.29) is 11.5 Å². The van der Waals surface area contributed by atoms with Gasteiger partial charge in [-0.15, -0.1) is 0 Å². The summed E-state index contributed by atoms with van der Waals surface area (Å²) in [7, 11) is 0. The van der Waals surface area contributed by atoms with E-state index in [1.807, 2.05) is 12.5 Å². The molecule has 1 N–H and O–H groups in total. The molecule has 0 unspecified atom stereocenters. The molecule has 4 aliphatic rings. The summed E-state index contributed by atoms with van der Waals surface area (Å²) in [5, 5.41) is 10.1. The fourth-order valence-electron chi connectivity index (χ4n) is 6.99. The van der Waals surface area contributed by atoms with Crippen LogP contribution in [0.3, 0.4) is 0 Å². The Morgan fingerprint density at radius 3 is 2.72 bits per heavy atom. The van der Waals surface area contributed by atoms with E-state index in [1.54, 1.807) is 5.57 Å². The van der Waals surface area contributed by atoms with E-state index in [0.717, 1.165) is 30.6 Å². The summed E-state index contributed by atoms with van der Waals surface area (Å²) in [5.74, 6) is 2.35. The van der Waals surface area contributed by atoms with Crippen molar-refractivity contribution in [3.05, 3.63) is 36.4 Å². The number of hydrogen-bond donors (Lipinski definition) is 1. The van der Waals surface area contributed by atoms with Crippen molar-refractivity contribution in [3.8, 4) is 0 Å². The first-order valence-corrected chi connectivity index (χ1v) is 10.1. The zero-order chi connectivity index (χ0) is 17.2. The first-order valence-electron chi connectivity index (χ1n) is 10.1. The normalized spacial score (nSPS) is 45.9. The van der Waals surface area contributed by atoms with Crippen LogP contribution in [-0.4, -0.2) is 20.8 Å². The van der Waals surface area contributed by atoms with E-state index in [0.29, 0.717) is 5.41 Å². The average molecular weight is 338 g/mol. The average Bonchev–Trinajstić information content (AvgIpc) is 3.22. The number of aromatic nitrogens is 2. The minimum atomic E-state index is -0.106. The van der Waals surface area contributed by atoms with Gasteiger partial charge in [-0.05, 0) is 68.1 Å². The van der Waals surface area contributed by atoms with Gasteiger partial charge in [0.15, 0.2) is 0 Å². The number of nitrogens with zero attached hydrogens (tertiary/aromatic N) is 2. The zero-order valence-corrected chi connectivity index (χ0v) is 15.5. The van der Waals surface area contributed by atoms with Crippen molar-refractivity contribution >= 4 is 5.70 Å². The van der Waals surface area contributed by atoms with Crippen LogP contribution in [0.5, 0.6) is 0 Å². The molecule has 0 saturated heterocycles. The van der Waals surface area contributed by atoms with E-state index >= 15 is 0 Å². The molecule has 1 heterocycles. The molecule has 0 bridgehead atoms. The lowest BCUT2D eigenvalue weighted by molar-refractivity contribution is -0.0249. The molecule has 4 aliphatic carbocycles. The molecular formula is C22H30N2O. The Kier molecular flexibility index (Phi) is 3.38. The summed E-state index contributed by atoms with van der Waals surface area (Å²) < 4.78 is 2.25. The molecule has 0 radical (unpaired) electrons. The number of rotatable bonds is 1. The van der Waals surface area contributed by atoms with E-state index in [2.05, 4.69) is 41.7 Å². The molecule has 134 valence electrons. The minimum absolute atomic E-state index is 0.106. The van der Waals surface area contributed by atoms with Gasteiger partial charge >= 0.3 is 0 Å². The fourth-order valence-corrected chi connectivity index (χ4v) is 6.99. The van der Waals surface area contributed by atoms with Gasteiger partial charge in [0.1, 0.15) is 0 Å². The van der Waals surface area contributed by atoms with E-state index < -0.39 is 0 Å². The Morgan fingerprint density at radius 2 is 1.92 bits per heavy atom. The minimum Gasteiger partial charge on any atom is -0.393 e. The maximum atomic E-state index is 10.1. The summed E-state index contributed by atoms with van der Waals surface area (Å²) in [6.07, 6.45) is 19.0. The fraction of sp³-hybridized carbons (Fsp3) is 0.682. The lowest BCUT2D eigenvalue weighted by Gasteiger charge is -2.57. The van der Waals surface area contributed by atoms with E-state index in [1.165, 1.54) is 37.8 Å².